The summed E-state index contributed by atoms with van der Waals surface area (Å²) in [6.07, 6.45) is 5.72. The van der Waals surface area contributed by atoms with E-state index in [0.29, 0.717) is 24.6 Å². The lowest BCUT2D eigenvalue weighted by Gasteiger charge is -2.22. The summed E-state index contributed by atoms with van der Waals surface area (Å²) in [7, 11) is 0. The molecule has 1 aromatic carbocycles. The van der Waals surface area contributed by atoms with Gasteiger partial charge in [-0.25, -0.2) is 0 Å². The maximum absolute atomic E-state index is 12.0. The highest BCUT2D eigenvalue weighted by Gasteiger charge is 2.29. The number of aromatic nitrogens is 3. The second-order valence-electron chi connectivity index (χ2n) is 7.41. The van der Waals surface area contributed by atoms with E-state index in [-0.39, 0.29) is 11.8 Å². The molecule has 1 saturated heterocycles. The maximum atomic E-state index is 12.0. The number of carbonyl (C=O) groups is 1. The zero-order valence-corrected chi connectivity index (χ0v) is 15.2. The summed E-state index contributed by atoms with van der Waals surface area (Å²) in [6.45, 7) is 3.40. The Bertz CT molecular complexity index is 951. The van der Waals surface area contributed by atoms with E-state index in [2.05, 4.69) is 39.3 Å². The topological polar surface area (TPSA) is 64.2 Å². The maximum Gasteiger partial charge on any atom is 0.250 e. The fourth-order valence-electron chi connectivity index (χ4n) is 4.13. The molecule has 1 unspecified atom stereocenters. The van der Waals surface area contributed by atoms with Gasteiger partial charge in [-0.3, -0.25) is 9.69 Å². The van der Waals surface area contributed by atoms with Crippen LogP contribution >= 0.6 is 0 Å². The quantitative estimate of drug-likeness (QED) is 0.708. The van der Waals surface area contributed by atoms with Gasteiger partial charge in [-0.2, -0.15) is 4.98 Å². The molecule has 6 heteroatoms. The van der Waals surface area contributed by atoms with Crippen LogP contribution in [0.4, 0.5) is 0 Å². The van der Waals surface area contributed by atoms with E-state index in [9.17, 15) is 4.79 Å². The predicted molar refractivity (Wildman–Crippen MR) is 100 cm³/mol. The van der Waals surface area contributed by atoms with Gasteiger partial charge in [0.1, 0.15) is 6.04 Å². The van der Waals surface area contributed by atoms with Gasteiger partial charge in [0, 0.05) is 24.7 Å². The largest absolute Gasteiger partial charge is 0.337 e. The molecule has 2 aromatic heterocycles. The molecule has 1 fully saturated rings. The molecule has 0 radical (unpaired) electrons. The number of rotatable bonds is 4. The van der Waals surface area contributed by atoms with Gasteiger partial charge in [-0.15, -0.1) is 0 Å². The van der Waals surface area contributed by atoms with Crippen LogP contribution in [0.1, 0.15) is 53.7 Å². The Morgan fingerprint density at radius 3 is 2.74 bits per heavy atom. The molecule has 3 aromatic rings. The van der Waals surface area contributed by atoms with E-state index in [1.165, 1.54) is 31.5 Å². The van der Waals surface area contributed by atoms with Gasteiger partial charge < -0.3 is 9.09 Å². The molecule has 6 nitrogen and oxygen atoms in total. The monoisotopic (exact) mass is 362 g/mol. The smallest absolute Gasteiger partial charge is 0.250 e. The van der Waals surface area contributed by atoms with Crippen LogP contribution in [0.25, 0.3) is 11.4 Å². The van der Waals surface area contributed by atoms with E-state index < -0.39 is 0 Å². The second kappa shape index (κ2) is 6.78. The summed E-state index contributed by atoms with van der Waals surface area (Å²) in [6, 6.07) is 12.1. The number of fused-ring (bicyclic) bond motifs is 1. The van der Waals surface area contributed by atoms with Gasteiger partial charge in [0.25, 0.3) is 0 Å². The zero-order valence-electron chi connectivity index (χ0n) is 15.2. The molecule has 4 heterocycles. The molecule has 0 bridgehead atoms. The van der Waals surface area contributed by atoms with Gasteiger partial charge in [0.15, 0.2) is 5.78 Å². The summed E-state index contributed by atoms with van der Waals surface area (Å²) in [5.74, 6) is 1.34. The first kappa shape index (κ1) is 16.4. The van der Waals surface area contributed by atoms with Crippen molar-refractivity contribution in [3.05, 3.63) is 59.7 Å². The summed E-state index contributed by atoms with van der Waals surface area (Å²) >= 11 is 0. The van der Waals surface area contributed by atoms with Gasteiger partial charge in [0.05, 0.1) is 5.69 Å². The molecule has 0 saturated carbocycles. The van der Waals surface area contributed by atoms with Crippen molar-refractivity contribution >= 4 is 5.78 Å². The van der Waals surface area contributed by atoms with Crippen molar-refractivity contribution < 1.29 is 9.32 Å². The number of nitrogens with zero attached hydrogens (tertiary/aromatic N) is 4. The average Bonchev–Trinajstić information content (AvgIpc) is 3.44. The van der Waals surface area contributed by atoms with E-state index in [1.807, 2.05) is 22.9 Å². The number of benzene rings is 1. The molecule has 5 rings (SSSR count). The Morgan fingerprint density at radius 1 is 1.11 bits per heavy atom. The van der Waals surface area contributed by atoms with Crippen LogP contribution in [-0.2, 0) is 6.54 Å². The Balaban J connectivity index is 1.35. The van der Waals surface area contributed by atoms with Gasteiger partial charge in [0.2, 0.25) is 11.7 Å². The lowest BCUT2D eigenvalue weighted by Crippen LogP contribution is -2.22. The molecule has 1 atom stereocenters. The summed E-state index contributed by atoms with van der Waals surface area (Å²) < 4.78 is 7.50. The Hall–Kier alpha value is -2.73. The SMILES string of the molecule is O=C1CCC(c2nc(-c3ccc(CN4CCCC4)cc3)no2)n2cccc21. The summed E-state index contributed by atoms with van der Waals surface area (Å²) in [5, 5.41) is 4.18. The van der Waals surface area contributed by atoms with Crippen molar-refractivity contribution in [3.63, 3.8) is 0 Å². The molecule has 138 valence electrons. The van der Waals surface area contributed by atoms with Gasteiger partial charge in [-0.1, -0.05) is 29.4 Å². The standard InChI is InChI=1S/C21H22N4O2/c26-19-10-9-18(25-13-3-4-17(19)25)21-22-20(23-27-21)16-7-5-15(6-8-16)14-24-11-1-2-12-24/h3-8,13,18H,1-2,9-12,14H2. The number of carbonyl (C=O) groups excluding carboxylic acids is 1. The van der Waals surface area contributed by atoms with Crippen LogP contribution in [0.15, 0.2) is 47.1 Å². The first-order valence-corrected chi connectivity index (χ1v) is 9.63. The number of Topliss-reactive ketones (excluding diaryl/α,β-unsaturated/α-hetero) is 1. The predicted octanol–water partition coefficient (Wildman–Crippen LogP) is 3.70. The Labute approximate surface area is 157 Å². The normalized spacial score (nSPS) is 20.1. The van der Waals surface area contributed by atoms with Crippen LogP contribution in [0, 0.1) is 0 Å². The third kappa shape index (κ3) is 3.10. The highest BCUT2D eigenvalue weighted by Crippen LogP contribution is 2.31. The highest BCUT2D eigenvalue weighted by atomic mass is 16.5. The molecule has 0 N–H and O–H groups in total. The Kier molecular flexibility index (Phi) is 4.13. The summed E-state index contributed by atoms with van der Waals surface area (Å²) in [4.78, 5) is 19.1. The van der Waals surface area contributed by atoms with E-state index in [0.717, 1.165) is 17.8 Å². The van der Waals surface area contributed by atoms with Crippen molar-refractivity contribution in [1.82, 2.24) is 19.6 Å². The molecule has 2 aliphatic rings. The highest BCUT2D eigenvalue weighted by molar-refractivity contribution is 5.95. The lowest BCUT2D eigenvalue weighted by molar-refractivity contribution is 0.0943. The average molecular weight is 362 g/mol. The number of ketones is 1. The van der Waals surface area contributed by atoms with Crippen LogP contribution in [0.3, 0.4) is 0 Å². The second-order valence-corrected chi connectivity index (χ2v) is 7.41. The van der Waals surface area contributed by atoms with Gasteiger partial charge >= 0.3 is 0 Å². The third-order valence-electron chi connectivity index (χ3n) is 5.59. The van der Waals surface area contributed by atoms with E-state index in [4.69, 9.17) is 4.52 Å². The fraction of sp³-hybridized carbons (Fsp3) is 0.381. The van der Waals surface area contributed by atoms with E-state index in [1.54, 1.807) is 0 Å². The number of likely N-dealkylation sites (tertiary alicyclic amines) is 1. The number of hydrogen-bond donors (Lipinski definition) is 0. The molecular weight excluding hydrogens is 340 g/mol. The van der Waals surface area contributed by atoms with Crippen LogP contribution in [0.5, 0.6) is 0 Å². The van der Waals surface area contributed by atoms with Crippen molar-refractivity contribution in [2.24, 2.45) is 0 Å². The van der Waals surface area contributed by atoms with Crippen molar-refractivity contribution in [1.29, 1.82) is 0 Å². The third-order valence-corrected chi connectivity index (χ3v) is 5.59. The van der Waals surface area contributed by atoms with Crippen molar-refractivity contribution in [2.75, 3.05) is 13.1 Å². The Morgan fingerprint density at radius 2 is 1.93 bits per heavy atom. The minimum absolute atomic E-state index is 0.0663. The minimum atomic E-state index is -0.0663. The van der Waals surface area contributed by atoms with Crippen LogP contribution in [0.2, 0.25) is 0 Å². The molecule has 0 amide bonds. The van der Waals surface area contributed by atoms with E-state index >= 15 is 0 Å². The molecule has 0 spiro atoms. The summed E-state index contributed by atoms with van der Waals surface area (Å²) in [5.41, 5.74) is 2.99. The molecule has 0 aliphatic carbocycles. The van der Waals surface area contributed by atoms with Gasteiger partial charge in [-0.05, 0) is 50.0 Å². The minimum Gasteiger partial charge on any atom is -0.337 e. The van der Waals surface area contributed by atoms with Crippen molar-refractivity contribution in [3.8, 4) is 11.4 Å². The van der Waals surface area contributed by atoms with Crippen molar-refractivity contribution in [2.45, 2.75) is 38.3 Å². The first-order valence-electron chi connectivity index (χ1n) is 9.63. The number of hydrogen-bond acceptors (Lipinski definition) is 5. The van der Waals surface area contributed by atoms with Crippen LogP contribution < -0.4 is 0 Å². The molecular formula is C21H22N4O2. The molecule has 27 heavy (non-hydrogen) atoms. The van der Waals surface area contributed by atoms with Crippen LogP contribution in [-0.4, -0.2) is 38.5 Å². The zero-order chi connectivity index (χ0) is 18.2. The lowest BCUT2D eigenvalue weighted by atomic mass is 10.0. The molecule has 2 aliphatic heterocycles. The first-order chi connectivity index (χ1) is 13.3. The fourth-order valence-corrected chi connectivity index (χ4v) is 4.13.